The van der Waals surface area contributed by atoms with Crippen LogP contribution in [-0.4, -0.2) is 20.2 Å². The zero-order chi connectivity index (χ0) is 17.0. The van der Waals surface area contributed by atoms with Gasteiger partial charge in [-0.3, -0.25) is 4.79 Å². The normalized spacial score (nSPS) is 11.0. The van der Waals surface area contributed by atoms with Crippen molar-refractivity contribution in [3.05, 3.63) is 59.7 Å². The number of hydrazine groups is 1. The summed E-state index contributed by atoms with van der Waals surface area (Å²) < 4.78 is 24.3. The van der Waals surface area contributed by atoms with Crippen molar-refractivity contribution >= 4 is 27.5 Å². The molecule has 0 heterocycles. The number of carbonyl (C=O) groups excluding carboxylic acids is 2. The summed E-state index contributed by atoms with van der Waals surface area (Å²) in [6.07, 6.45) is 0. The summed E-state index contributed by atoms with van der Waals surface area (Å²) in [7, 11) is -3.88. The van der Waals surface area contributed by atoms with Gasteiger partial charge in [0.25, 0.3) is 10.0 Å². The van der Waals surface area contributed by atoms with Gasteiger partial charge in [-0.25, -0.2) is 8.42 Å². The zero-order valence-corrected chi connectivity index (χ0v) is 12.9. The van der Waals surface area contributed by atoms with Crippen molar-refractivity contribution in [2.24, 2.45) is 0 Å². The van der Waals surface area contributed by atoms with Crippen LogP contribution < -0.4 is 15.4 Å². The third-order valence-electron chi connectivity index (χ3n) is 3.00. The highest BCUT2D eigenvalue weighted by Gasteiger charge is 2.15. The predicted molar refractivity (Wildman–Crippen MR) is 81.2 cm³/mol. The first-order chi connectivity index (χ1) is 10.8. The van der Waals surface area contributed by atoms with Crippen LogP contribution in [0.1, 0.15) is 27.6 Å². The number of ketones is 1. The molecule has 0 atom stereocenters. The van der Waals surface area contributed by atoms with Crippen molar-refractivity contribution in [3.63, 3.8) is 0 Å². The van der Waals surface area contributed by atoms with E-state index in [-0.39, 0.29) is 21.8 Å². The van der Waals surface area contributed by atoms with E-state index in [0.717, 1.165) is 0 Å². The van der Waals surface area contributed by atoms with Crippen molar-refractivity contribution < 1.29 is 23.1 Å². The molecule has 0 aliphatic rings. The molecule has 0 fully saturated rings. The first-order valence-electron chi connectivity index (χ1n) is 6.50. The van der Waals surface area contributed by atoms with Gasteiger partial charge in [0, 0.05) is 11.3 Å². The van der Waals surface area contributed by atoms with Crippen LogP contribution in [0.3, 0.4) is 0 Å². The minimum atomic E-state index is -3.88. The number of carboxylic acid groups (broad SMARTS) is 1. The van der Waals surface area contributed by atoms with E-state index in [1.807, 2.05) is 0 Å². The molecule has 0 bridgehead atoms. The second-order valence-electron chi connectivity index (χ2n) is 4.68. The van der Waals surface area contributed by atoms with E-state index in [4.69, 9.17) is 0 Å². The third-order valence-corrected chi connectivity index (χ3v) is 4.25. The van der Waals surface area contributed by atoms with E-state index in [1.165, 1.54) is 55.5 Å². The van der Waals surface area contributed by atoms with Crippen LogP contribution in [0.25, 0.3) is 0 Å². The summed E-state index contributed by atoms with van der Waals surface area (Å²) >= 11 is 0. The van der Waals surface area contributed by atoms with E-state index in [2.05, 4.69) is 10.3 Å². The number of benzene rings is 2. The molecule has 0 aliphatic heterocycles. The lowest BCUT2D eigenvalue weighted by molar-refractivity contribution is -0.255. The maximum atomic E-state index is 12.2. The molecule has 2 aromatic carbocycles. The number of Topliss-reactive ketones (excluding diaryl/α,β-unsaturated/α-hetero) is 1. The van der Waals surface area contributed by atoms with Gasteiger partial charge in [0.1, 0.15) is 0 Å². The van der Waals surface area contributed by atoms with Crippen molar-refractivity contribution in [1.82, 2.24) is 4.83 Å². The molecule has 2 aromatic rings. The molecule has 8 heteroatoms. The van der Waals surface area contributed by atoms with Crippen molar-refractivity contribution in [1.29, 1.82) is 0 Å². The van der Waals surface area contributed by atoms with Crippen molar-refractivity contribution in [2.75, 3.05) is 5.43 Å². The summed E-state index contributed by atoms with van der Waals surface area (Å²) in [6.45, 7) is 1.34. The van der Waals surface area contributed by atoms with Crippen molar-refractivity contribution in [3.8, 4) is 0 Å². The SMILES string of the molecule is CC(=O)c1cccc(S(=O)(=O)NNc2ccc(C(=O)[O-])cc2)c1. The molecule has 0 aliphatic carbocycles. The largest absolute Gasteiger partial charge is 0.545 e. The Kier molecular flexibility index (Phi) is 4.77. The fourth-order valence-corrected chi connectivity index (χ4v) is 2.67. The molecule has 0 saturated carbocycles. The van der Waals surface area contributed by atoms with Crippen LogP contribution >= 0.6 is 0 Å². The third kappa shape index (κ3) is 4.15. The van der Waals surface area contributed by atoms with Crippen molar-refractivity contribution in [2.45, 2.75) is 11.8 Å². The van der Waals surface area contributed by atoms with Gasteiger partial charge in [-0.2, -0.15) is 0 Å². The molecule has 7 nitrogen and oxygen atoms in total. The Morgan fingerprint density at radius 1 is 1.00 bits per heavy atom. The lowest BCUT2D eigenvalue weighted by Crippen LogP contribution is -2.29. The van der Waals surface area contributed by atoms with Gasteiger partial charge in [-0.15, -0.1) is 4.83 Å². The van der Waals surface area contributed by atoms with E-state index in [9.17, 15) is 23.1 Å². The number of anilines is 1. The fraction of sp³-hybridized carbons (Fsp3) is 0.0667. The smallest absolute Gasteiger partial charge is 0.257 e. The summed E-state index contributed by atoms with van der Waals surface area (Å²) in [4.78, 5) is 24.0. The Morgan fingerprint density at radius 2 is 1.65 bits per heavy atom. The topological polar surface area (TPSA) is 115 Å². The summed E-state index contributed by atoms with van der Waals surface area (Å²) in [5.74, 6) is -1.56. The van der Waals surface area contributed by atoms with E-state index >= 15 is 0 Å². The number of nitrogens with one attached hydrogen (secondary N) is 2. The van der Waals surface area contributed by atoms with Gasteiger partial charge in [0.2, 0.25) is 0 Å². The molecule has 0 saturated heterocycles. The molecular formula is C15H13N2O5S-. The molecule has 0 spiro atoms. The molecule has 0 aromatic heterocycles. The Morgan fingerprint density at radius 3 is 2.22 bits per heavy atom. The van der Waals surface area contributed by atoms with Gasteiger partial charge < -0.3 is 15.3 Å². The van der Waals surface area contributed by atoms with Crippen LogP contribution in [0.15, 0.2) is 53.4 Å². The molecule has 2 rings (SSSR count). The number of carbonyl (C=O) groups is 2. The quantitative estimate of drug-likeness (QED) is 0.589. The number of aromatic carboxylic acids is 1. The van der Waals surface area contributed by atoms with Crippen LogP contribution in [0.2, 0.25) is 0 Å². The van der Waals surface area contributed by atoms with Crippen LogP contribution in [0.4, 0.5) is 5.69 Å². The number of hydrogen-bond donors (Lipinski definition) is 2. The number of carboxylic acids is 1. The minimum Gasteiger partial charge on any atom is -0.545 e. The maximum Gasteiger partial charge on any atom is 0.257 e. The molecule has 120 valence electrons. The van der Waals surface area contributed by atoms with Gasteiger partial charge >= 0.3 is 0 Å². The predicted octanol–water partition coefficient (Wildman–Crippen LogP) is 0.558. The highest BCUT2D eigenvalue weighted by molar-refractivity contribution is 7.89. The van der Waals surface area contributed by atoms with Gasteiger partial charge in [0.05, 0.1) is 10.9 Å². The van der Waals surface area contributed by atoms with Gasteiger partial charge in [-0.05, 0) is 36.8 Å². The Hall–Kier alpha value is -2.71. The minimum absolute atomic E-state index is 0.0208. The molecule has 2 N–H and O–H groups in total. The lowest BCUT2D eigenvalue weighted by atomic mass is 10.2. The summed E-state index contributed by atoms with van der Waals surface area (Å²) in [5.41, 5.74) is 3.07. The monoisotopic (exact) mass is 333 g/mol. The van der Waals surface area contributed by atoms with E-state index < -0.39 is 16.0 Å². The van der Waals surface area contributed by atoms with E-state index in [1.54, 1.807) is 0 Å². The Bertz CT molecular complexity index is 844. The van der Waals surface area contributed by atoms with E-state index in [0.29, 0.717) is 5.69 Å². The molecule has 0 unspecified atom stereocenters. The average molecular weight is 333 g/mol. The number of sulfonamides is 1. The molecule has 0 amide bonds. The first kappa shape index (κ1) is 16.7. The molecule has 23 heavy (non-hydrogen) atoms. The van der Waals surface area contributed by atoms with Crippen LogP contribution in [0, 0.1) is 0 Å². The standard InChI is InChI=1S/C15H14N2O5S/c1-10(18)12-3-2-4-14(9-12)23(21,22)17-16-13-7-5-11(6-8-13)15(19)20/h2-9,16-17H,1H3,(H,19,20)/p-1. The Balaban J connectivity index is 2.14. The second kappa shape index (κ2) is 6.59. The molecular weight excluding hydrogens is 320 g/mol. The molecule has 0 radical (unpaired) electrons. The van der Waals surface area contributed by atoms with Gasteiger partial charge in [0.15, 0.2) is 5.78 Å². The first-order valence-corrected chi connectivity index (χ1v) is 7.98. The van der Waals surface area contributed by atoms with Crippen LogP contribution in [-0.2, 0) is 10.0 Å². The van der Waals surface area contributed by atoms with Gasteiger partial charge in [-0.1, -0.05) is 24.3 Å². The summed E-state index contributed by atoms with van der Waals surface area (Å²) in [5, 5.41) is 10.6. The highest BCUT2D eigenvalue weighted by Crippen LogP contribution is 2.13. The highest BCUT2D eigenvalue weighted by atomic mass is 32.2. The number of hydrogen-bond acceptors (Lipinski definition) is 6. The maximum absolute atomic E-state index is 12.2. The second-order valence-corrected chi connectivity index (χ2v) is 6.36. The fourth-order valence-electron chi connectivity index (χ4n) is 1.76. The average Bonchev–Trinajstić information content (AvgIpc) is 2.53. The lowest BCUT2D eigenvalue weighted by Gasteiger charge is -2.11. The van der Waals surface area contributed by atoms with Crippen LogP contribution in [0.5, 0.6) is 0 Å². The Labute approximate surface area is 133 Å². The number of rotatable bonds is 6. The summed E-state index contributed by atoms with van der Waals surface area (Å²) in [6, 6.07) is 11.0. The zero-order valence-electron chi connectivity index (χ0n) is 12.1.